The maximum absolute atomic E-state index is 5.71. The van der Waals surface area contributed by atoms with Crippen molar-refractivity contribution < 1.29 is 4.74 Å². The third-order valence-corrected chi connectivity index (χ3v) is 2.04. The van der Waals surface area contributed by atoms with Crippen molar-refractivity contribution in [2.75, 3.05) is 13.0 Å². The van der Waals surface area contributed by atoms with Gasteiger partial charge in [-0.15, -0.1) is 24.0 Å². The Balaban J connectivity index is 0.00000144. The van der Waals surface area contributed by atoms with Gasteiger partial charge in [-0.1, -0.05) is 12.1 Å². The van der Waals surface area contributed by atoms with Crippen molar-refractivity contribution in [1.29, 1.82) is 0 Å². The van der Waals surface area contributed by atoms with Gasteiger partial charge in [0.25, 0.3) is 0 Å². The molecule has 0 bridgehead atoms. The Hall–Kier alpha value is -0.440. The molecule has 0 amide bonds. The lowest BCUT2D eigenvalue weighted by molar-refractivity contribution is 0.414. The summed E-state index contributed by atoms with van der Waals surface area (Å²) < 4.78 is 5.01. The third kappa shape index (κ3) is 3.43. The molecule has 2 nitrogen and oxygen atoms in total. The molecule has 0 radical (unpaired) electrons. The molecule has 0 spiro atoms. The van der Waals surface area contributed by atoms with Gasteiger partial charge in [-0.2, -0.15) is 0 Å². The molecule has 0 aliphatic carbocycles. The van der Waals surface area contributed by atoms with Crippen molar-refractivity contribution in [1.82, 2.24) is 0 Å². The van der Waals surface area contributed by atoms with E-state index in [1.165, 1.54) is 0 Å². The number of halogens is 2. The molecule has 0 aliphatic heterocycles. The second kappa shape index (κ2) is 6.08. The van der Waals surface area contributed by atoms with Crippen LogP contribution < -0.4 is 10.5 Å². The van der Waals surface area contributed by atoms with Crippen LogP contribution >= 0.6 is 24.0 Å². The normalized spacial score (nSPS) is 11.6. The van der Waals surface area contributed by atoms with Crippen LogP contribution in [-0.4, -0.2) is 13.0 Å². The van der Waals surface area contributed by atoms with E-state index in [-0.39, 0.29) is 18.4 Å². The minimum absolute atomic E-state index is 0. The summed E-state index contributed by atoms with van der Waals surface area (Å²) in [6, 6.07) is 7.51. The fourth-order valence-corrected chi connectivity index (χ4v) is 1.12. The minimum atomic E-state index is -0.0856. The molecule has 1 unspecified atom stereocenters. The summed E-state index contributed by atoms with van der Waals surface area (Å²) in [5.41, 5.74) is 6.75. The predicted molar refractivity (Wildman–Crippen MR) is 57.9 cm³/mol. The maximum Gasteiger partial charge on any atom is 0.118 e. The quantitative estimate of drug-likeness (QED) is 0.796. The lowest BCUT2D eigenvalue weighted by atomic mass is 10.1. The molecule has 0 aliphatic rings. The van der Waals surface area contributed by atoms with Crippen LogP contribution in [0.1, 0.15) is 11.6 Å². The van der Waals surface area contributed by atoms with Gasteiger partial charge in [0.15, 0.2) is 0 Å². The first kappa shape index (κ1) is 12.6. The Bertz CT molecular complexity index is 238. The van der Waals surface area contributed by atoms with E-state index in [1.54, 1.807) is 7.11 Å². The zero-order chi connectivity index (χ0) is 8.97. The van der Waals surface area contributed by atoms with E-state index in [0.717, 1.165) is 11.3 Å². The van der Waals surface area contributed by atoms with Crippen LogP contribution in [0, 0.1) is 0 Å². The summed E-state index contributed by atoms with van der Waals surface area (Å²) in [5, 5.41) is 0. The molecule has 0 saturated heterocycles. The van der Waals surface area contributed by atoms with Crippen LogP contribution in [-0.2, 0) is 0 Å². The third-order valence-electron chi connectivity index (χ3n) is 1.71. The van der Waals surface area contributed by atoms with Gasteiger partial charge >= 0.3 is 0 Å². The molecule has 0 saturated carbocycles. The number of nitrogens with two attached hydrogens (primary N) is 1. The van der Waals surface area contributed by atoms with Crippen molar-refractivity contribution >= 4 is 24.0 Å². The van der Waals surface area contributed by atoms with Crippen LogP contribution in [0.3, 0.4) is 0 Å². The highest BCUT2D eigenvalue weighted by molar-refractivity contribution is 6.18. The predicted octanol–water partition coefficient (Wildman–Crippen LogP) is 2.36. The SMILES string of the molecule is COc1ccc(C(N)CCl)cc1.Cl. The minimum Gasteiger partial charge on any atom is -0.497 e. The van der Waals surface area contributed by atoms with Crippen molar-refractivity contribution in [2.24, 2.45) is 5.73 Å². The molecular weight excluding hydrogens is 209 g/mol. The molecule has 1 atom stereocenters. The molecule has 4 heteroatoms. The first-order valence-electron chi connectivity index (χ1n) is 3.73. The molecule has 0 heterocycles. The smallest absolute Gasteiger partial charge is 0.118 e. The van der Waals surface area contributed by atoms with Crippen LogP contribution in [0.5, 0.6) is 5.75 Å². The Morgan fingerprint density at radius 1 is 1.38 bits per heavy atom. The van der Waals surface area contributed by atoms with E-state index in [1.807, 2.05) is 24.3 Å². The first-order chi connectivity index (χ1) is 5.77. The largest absolute Gasteiger partial charge is 0.497 e. The highest BCUT2D eigenvalue weighted by Gasteiger charge is 2.02. The second-order valence-corrected chi connectivity index (χ2v) is 2.84. The number of rotatable bonds is 3. The van der Waals surface area contributed by atoms with E-state index in [9.17, 15) is 0 Å². The standard InChI is InChI=1S/C9H12ClNO.ClH/c1-12-8-4-2-7(3-5-8)9(11)6-10;/h2-5,9H,6,11H2,1H3;1H. The van der Waals surface area contributed by atoms with E-state index >= 15 is 0 Å². The van der Waals surface area contributed by atoms with Gasteiger partial charge < -0.3 is 10.5 Å². The first-order valence-corrected chi connectivity index (χ1v) is 4.27. The molecule has 1 aromatic rings. The van der Waals surface area contributed by atoms with Crippen LogP contribution in [0.25, 0.3) is 0 Å². The fourth-order valence-electron chi connectivity index (χ4n) is 0.940. The van der Waals surface area contributed by atoms with E-state index in [4.69, 9.17) is 22.1 Å². The lowest BCUT2D eigenvalue weighted by Crippen LogP contribution is -2.11. The summed E-state index contributed by atoms with van der Waals surface area (Å²) in [6.07, 6.45) is 0. The number of hydrogen-bond acceptors (Lipinski definition) is 2. The zero-order valence-corrected chi connectivity index (χ0v) is 8.94. The van der Waals surface area contributed by atoms with Gasteiger partial charge in [0.05, 0.1) is 7.11 Å². The van der Waals surface area contributed by atoms with Crippen molar-refractivity contribution in [3.63, 3.8) is 0 Å². The molecule has 0 fully saturated rings. The van der Waals surface area contributed by atoms with Gasteiger partial charge in [0.2, 0.25) is 0 Å². The molecule has 1 rings (SSSR count). The van der Waals surface area contributed by atoms with Crippen molar-refractivity contribution in [3.8, 4) is 5.75 Å². The Labute approximate surface area is 89.4 Å². The highest BCUT2D eigenvalue weighted by Crippen LogP contribution is 2.16. The van der Waals surface area contributed by atoms with Gasteiger partial charge in [-0.05, 0) is 17.7 Å². The van der Waals surface area contributed by atoms with E-state index in [0.29, 0.717) is 5.88 Å². The van der Waals surface area contributed by atoms with Gasteiger partial charge in [0, 0.05) is 11.9 Å². The van der Waals surface area contributed by atoms with Crippen LogP contribution in [0.2, 0.25) is 0 Å². The topological polar surface area (TPSA) is 35.2 Å². The molecule has 74 valence electrons. The van der Waals surface area contributed by atoms with Crippen molar-refractivity contribution in [2.45, 2.75) is 6.04 Å². The van der Waals surface area contributed by atoms with E-state index in [2.05, 4.69) is 0 Å². The van der Waals surface area contributed by atoms with Crippen molar-refractivity contribution in [3.05, 3.63) is 29.8 Å². The zero-order valence-electron chi connectivity index (χ0n) is 7.37. The summed E-state index contributed by atoms with van der Waals surface area (Å²) in [6.45, 7) is 0. The second-order valence-electron chi connectivity index (χ2n) is 2.53. The van der Waals surface area contributed by atoms with Gasteiger partial charge in [-0.25, -0.2) is 0 Å². The number of hydrogen-bond donors (Lipinski definition) is 1. The maximum atomic E-state index is 5.71. The summed E-state index contributed by atoms with van der Waals surface area (Å²) >= 11 is 5.60. The number of methoxy groups -OCH3 is 1. The Kier molecular flexibility index (Phi) is 5.88. The lowest BCUT2D eigenvalue weighted by Gasteiger charge is -2.08. The monoisotopic (exact) mass is 221 g/mol. The van der Waals surface area contributed by atoms with Crippen LogP contribution in [0.4, 0.5) is 0 Å². The summed E-state index contributed by atoms with van der Waals surface area (Å²) in [4.78, 5) is 0. The summed E-state index contributed by atoms with van der Waals surface area (Å²) in [5.74, 6) is 1.27. The number of benzene rings is 1. The highest BCUT2D eigenvalue weighted by atomic mass is 35.5. The summed E-state index contributed by atoms with van der Waals surface area (Å²) in [7, 11) is 1.64. The molecule has 1 aromatic carbocycles. The molecular formula is C9H13Cl2NO. The van der Waals surface area contributed by atoms with E-state index < -0.39 is 0 Å². The van der Waals surface area contributed by atoms with Crippen LogP contribution in [0.15, 0.2) is 24.3 Å². The number of alkyl halides is 1. The fraction of sp³-hybridized carbons (Fsp3) is 0.333. The number of ether oxygens (including phenoxy) is 1. The van der Waals surface area contributed by atoms with Gasteiger partial charge in [-0.3, -0.25) is 0 Å². The Morgan fingerprint density at radius 2 is 1.92 bits per heavy atom. The average Bonchev–Trinajstić information content (AvgIpc) is 2.17. The molecule has 2 N–H and O–H groups in total. The Morgan fingerprint density at radius 3 is 2.31 bits per heavy atom. The van der Waals surface area contributed by atoms with Gasteiger partial charge in [0.1, 0.15) is 5.75 Å². The average molecular weight is 222 g/mol. The molecule has 13 heavy (non-hydrogen) atoms. The molecule has 0 aromatic heterocycles.